The highest BCUT2D eigenvalue weighted by Crippen LogP contribution is 2.27. The van der Waals surface area contributed by atoms with Gasteiger partial charge in [0, 0.05) is 16.0 Å². The Labute approximate surface area is 141 Å². The molecule has 0 heterocycles. The van der Waals surface area contributed by atoms with Crippen LogP contribution in [0.15, 0.2) is 40.9 Å². The molecule has 0 radical (unpaired) electrons. The normalized spacial score (nSPS) is 10.3. The highest BCUT2D eigenvalue weighted by Gasteiger charge is 2.09. The van der Waals surface area contributed by atoms with Crippen molar-refractivity contribution in [1.29, 1.82) is 0 Å². The van der Waals surface area contributed by atoms with Crippen LogP contribution in [0.2, 0.25) is 10.0 Å². The van der Waals surface area contributed by atoms with Gasteiger partial charge in [-0.05, 0) is 35.9 Å². The SMILES string of the molecule is COC(=O)c1ccc(CNc2ccc(Cl)cc2Cl)c(Br)c1. The molecule has 0 aromatic heterocycles. The molecule has 0 fully saturated rings. The maximum Gasteiger partial charge on any atom is 0.337 e. The first-order valence-electron chi connectivity index (χ1n) is 6.07. The molecule has 3 nitrogen and oxygen atoms in total. The number of ether oxygens (including phenoxy) is 1. The maximum atomic E-state index is 11.4. The van der Waals surface area contributed by atoms with Gasteiger partial charge in [-0.2, -0.15) is 0 Å². The highest BCUT2D eigenvalue weighted by atomic mass is 79.9. The molecule has 21 heavy (non-hydrogen) atoms. The van der Waals surface area contributed by atoms with Crippen LogP contribution in [0, 0.1) is 0 Å². The summed E-state index contributed by atoms with van der Waals surface area (Å²) in [4.78, 5) is 11.4. The number of anilines is 1. The van der Waals surface area contributed by atoms with Gasteiger partial charge in [0.05, 0.1) is 23.4 Å². The molecule has 0 unspecified atom stereocenters. The van der Waals surface area contributed by atoms with Gasteiger partial charge in [0.1, 0.15) is 0 Å². The summed E-state index contributed by atoms with van der Waals surface area (Å²) in [6.45, 7) is 0.559. The lowest BCUT2D eigenvalue weighted by atomic mass is 10.1. The number of methoxy groups -OCH3 is 1. The third kappa shape index (κ3) is 4.13. The van der Waals surface area contributed by atoms with Crippen LogP contribution >= 0.6 is 39.1 Å². The average Bonchev–Trinajstić information content (AvgIpc) is 2.46. The Hall–Kier alpha value is -1.23. The van der Waals surface area contributed by atoms with Crippen molar-refractivity contribution in [1.82, 2.24) is 0 Å². The molecule has 0 saturated heterocycles. The van der Waals surface area contributed by atoms with Crippen LogP contribution in [0.5, 0.6) is 0 Å². The molecular weight excluding hydrogens is 377 g/mol. The molecule has 0 aliphatic heterocycles. The van der Waals surface area contributed by atoms with Gasteiger partial charge in [-0.1, -0.05) is 45.2 Å². The zero-order valence-corrected chi connectivity index (χ0v) is 14.2. The molecule has 2 aromatic rings. The van der Waals surface area contributed by atoms with Gasteiger partial charge in [0.25, 0.3) is 0 Å². The van der Waals surface area contributed by atoms with E-state index in [9.17, 15) is 4.79 Å². The van der Waals surface area contributed by atoms with E-state index in [0.717, 1.165) is 15.7 Å². The molecule has 6 heteroatoms. The molecule has 110 valence electrons. The lowest BCUT2D eigenvalue weighted by Gasteiger charge is -2.11. The van der Waals surface area contributed by atoms with E-state index < -0.39 is 0 Å². The van der Waals surface area contributed by atoms with Crippen molar-refractivity contribution in [3.63, 3.8) is 0 Å². The molecule has 0 atom stereocenters. The summed E-state index contributed by atoms with van der Waals surface area (Å²) in [7, 11) is 1.36. The molecular formula is C15H12BrCl2NO2. The minimum Gasteiger partial charge on any atom is -0.465 e. The number of rotatable bonds is 4. The standard InChI is InChI=1S/C15H12BrCl2NO2/c1-21-15(20)9-2-3-10(12(16)6-9)8-19-14-5-4-11(17)7-13(14)18/h2-7,19H,8H2,1H3. The summed E-state index contributed by atoms with van der Waals surface area (Å²) in [5, 5.41) is 4.38. The van der Waals surface area contributed by atoms with Gasteiger partial charge in [-0.15, -0.1) is 0 Å². The first-order chi connectivity index (χ1) is 10.0. The van der Waals surface area contributed by atoms with E-state index in [-0.39, 0.29) is 5.97 Å². The van der Waals surface area contributed by atoms with E-state index in [1.807, 2.05) is 12.1 Å². The van der Waals surface area contributed by atoms with E-state index in [2.05, 4.69) is 26.0 Å². The summed E-state index contributed by atoms with van der Waals surface area (Å²) in [6.07, 6.45) is 0. The second-order valence-electron chi connectivity index (χ2n) is 4.28. The summed E-state index contributed by atoms with van der Waals surface area (Å²) in [5.74, 6) is -0.365. The highest BCUT2D eigenvalue weighted by molar-refractivity contribution is 9.10. The minimum absolute atomic E-state index is 0.365. The quantitative estimate of drug-likeness (QED) is 0.735. The van der Waals surface area contributed by atoms with Crippen LogP contribution in [0.1, 0.15) is 15.9 Å². The Morgan fingerprint density at radius 1 is 1.24 bits per heavy atom. The Bertz CT molecular complexity index is 677. The smallest absolute Gasteiger partial charge is 0.337 e. The van der Waals surface area contributed by atoms with Gasteiger partial charge in [-0.25, -0.2) is 4.79 Å². The molecule has 0 saturated carbocycles. The molecule has 0 amide bonds. The third-order valence-corrected chi connectivity index (χ3v) is 4.16. The molecule has 2 aromatic carbocycles. The van der Waals surface area contributed by atoms with Crippen LogP contribution < -0.4 is 5.32 Å². The van der Waals surface area contributed by atoms with Gasteiger partial charge in [-0.3, -0.25) is 0 Å². The lowest BCUT2D eigenvalue weighted by molar-refractivity contribution is 0.0600. The van der Waals surface area contributed by atoms with Crippen molar-refractivity contribution in [2.24, 2.45) is 0 Å². The number of carbonyl (C=O) groups is 1. The molecule has 1 N–H and O–H groups in total. The zero-order valence-electron chi connectivity index (χ0n) is 11.1. The first kappa shape index (κ1) is 16.1. The fourth-order valence-electron chi connectivity index (χ4n) is 1.76. The van der Waals surface area contributed by atoms with Crippen molar-refractivity contribution in [2.75, 3.05) is 12.4 Å². The Kier molecular flexibility index (Phi) is 5.51. The zero-order chi connectivity index (χ0) is 15.4. The second-order valence-corrected chi connectivity index (χ2v) is 5.97. The minimum atomic E-state index is -0.365. The van der Waals surface area contributed by atoms with Gasteiger partial charge in [0.15, 0.2) is 0 Å². The Balaban J connectivity index is 2.11. The fourth-order valence-corrected chi connectivity index (χ4v) is 2.75. The third-order valence-electron chi connectivity index (χ3n) is 2.87. The van der Waals surface area contributed by atoms with Crippen LogP contribution in [0.25, 0.3) is 0 Å². The Morgan fingerprint density at radius 3 is 2.62 bits per heavy atom. The second kappa shape index (κ2) is 7.16. The number of hydrogen-bond donors (Lipinski definition) is 1. The van der Waals surface area contributed by atoms with Crippen molar-refractivity contribution in [2.45, 2.75) is 6.54 Å². The van der Waals surface area contributed by atoms with E-state index in [1.165, 1.54) is 7.11 Å². The predicted molar refractivity (Wildman–Crippen MR) is 89.3 cm³/mol. The number of benzene rings is 2. The number of hydrogen-bond acceptors (Lipinski definition) is 3. The summed E-state index contributed by atoms with van der Waals surface area (Å²) in [6, 6.07) is 10.6. The number of nitrogens with one attached hydrogen (secondary N) is 1. The monoisotopic (exact) mass is 387 g/mol. The molecule has 0 spiro atoms. The van der Waals surface area contributed by atoms with E-state index in [0.29, 0.717) is 22.2 Å². The van der Waals surface area contributed by atoms with Crippen LogP contribution in [0.3, 0.4) is 0 Å². The number of halogens is 3. The summed E-state index contributed by atoms with van der Waals surface area (Å²) in [5.41, 5.74) is 2.29. The summed E-state index contributed by atoms with van der Waals surface area (Å²) >= 11 is 15.4. The van der Waals surface area contributed by atoms with Crippen molar-refractivity contribution in [3.8, 4) is 0 Å². The van der Waals surface area contributed by atoms with Crippen molar-refractivity contribution >= 4 is 50.8 Å². The molecule has 0 bridgehead atoms. The first-order valence-corrected chi connectivity index (χ1v) is 7.62. The molecule has 2 rings (SSSR count). The van der Waals surface area contributed by atoms with Crippen LogP contribution in [-0.4, -0.2) is 13.1 Å². The van der Waals surface area contributed by atoms with E-state index >= 15 is 0 Å². The van der Waals surface area contributed by atoms with E-state index in [1.54, 1.807) is 24.3 Å². The topological polar surface area (TPSA) is 38.3 Å². The predicted octanol–water partition coefficient (Wildman–Crippen LogP) is 5.15. The van der Waals surface area contributed by atoms with Crippen molar-refractivity contribution in [3.05, 3.63) is 62.0 Å². The van der Waals surface area contributed by atoms with E-state index in [4.69, 9.17) is 23.2 Å². The van der Waals surface area contributed by atoms with Gasteiger partial charge >= 0.3 is 5.97 Å². The number of esters is 1. The largest absolute Gasteiger partial charge is 0.465 e. The van der Waals surface area contributed by atoms with Gasteiger partial charge in [0.2, 0.25) is 0 Å². The molecule has 0 aliphatic carbocycles. The Morgan fingerprint density at radius 2 is 2.00 bits per heavy atom. The fraction of sp³-hybridized carbons (Fsp3) is 0.133. The molecule has 0 aliphatic rings. The van der Waals surface area contributed by atoms with Gasteiger partial charge < -0.3 is 10.1 Å². The van der Waals surface area contributed by atoms with Crippen molar-refractivity contribution < 1.29 is 9.53 Å². The van der Waals surface area contributed by atoms with Crippen LogP contribution in [-0.2, 0) is 11.3 Å². The summed E-state index contributed by atoms with van der Waals surface area (Å²) < 4.78 is 5.50. The lowest BCUT2D eigenvalue weighted by Crippen LogP contribution is -2.04. The number of carbonyl (C=O) groups excluding carboxylic acids is 1. The maximum absolute atomic E-state index is 11.4. The van der Waals surface area contributed by atoms with Crippen LogP contribution in [0.4, 0.5) is 5.69 Å². The average molecular weight is 389 g/mol.